The van der Waals surface area contributed by atoms with E-state index in [1.165, 1.54) is 38.0 Å². The minimum atomic E-state index is 0.0139. The number of phenolic OH excluding ortho intramolecular Hbond substituents is 2. The molecule has 0 spiro atoms. The molecule has 0 saturated heterocycles. The van der Waals surface area contributed by atoms with Gasteiger partial charge in [0.2, 0.25) is 5.91 Å². The zero-order valence-corrected chi connectivity index (χ0v) is 33.3. The van der Waals surface area contributed by atoms with Crippen LogP contribution in [0.1, 0.15) is 47.0 Å². The van der Waals surface area contributed by atoms with Crippen molar-refractivity contribution in [3.05, 3.63) is 123 Å². The fourth-order valence-corrected chi connectivity index (χ4v) is 6.27. The Bertz CT molecular complexity index is 2500. The van der Waals surface area contributed by atoms with Crippen LogP contribution in [0.5, 0.6) is 11.5 Å². The predicted octanol–water partition coefficient (Wildman–Crippen LogP) is 9.50. The van der Waals surface area contributed by atoms with E-state index < -0.39 is 0 Å². The fraction of sp³-hybridized carbons (Fsp3) is 0.196. The average Bonchev–Trinajstić information content (AvgIpc) is 3.24. The van der Waals surface area contributed by atoms with Gasteiger partial charge in [-0.05, 0) is 77.9 Å². The molecule has 12 heteroatoms. The van der Waals surface area contributed by atoms with Gasteiger partial charge >= 0.3 is 0 Å². The molecule has 0 unspecified atom stereocenters. The Morgan fingerprint density at radius 3 is 1.41 bits per heavy atom. The third kappa shape index (κ3) is 10.1. The third-order valence-electron chi connectivity index (χ3n) is 9.31. The summed E-state index contributed by atoms with van der Waals surface area (Å²) < 4.78 is 0. The van der Waals surface area contributed by atoms with Crippen molar-refractivity contribution in [1.82, 2.24) is 34.8 Å². The first-order valence-corrected chi connectivity index (χ1v) is 19.2. The molecular weight excluding hydrogens is 727 g/mol. The van der Waals surface area contributed by atoms with E-state index in [1.54, 1.807) is 41.6 Å². The van der Waals surface area contributed by atoms with Crippen LogP contribution < -0.4 is 11.5 Å². The van der Waals surface area contributed by atoms with Crippen LogP contribution in [0.3, 0.4) is 0 Å². The Hall–Kier alpha value is -7.21. The molecule has 0 radical (unpaired) electrons. The molecule has 0 saturated carbocycles. The highest BCUT2D eigenvalue weighted by molar-refractivity contribution is 6.00. The summed E-state index contributed by atoms with van der Waals surface area (Å²) in [5.41, 5.74) is 16.3. The number of carbonyl (C=O) groups is 1. The number of phenols is 2. The highest BCUT2D eigenvalue weighted by atomic mass is 16.3. The Morgan fingerprint density at radius 1 is 0.621 bits per heavy atom. The number of unbranched alkanes of at least 4 members (excludes halogenated alkanes) is 2. The van der Waals surface area contributed by atoms with Crippen LogP contribution >= 0.6 is 0 Å². The molecular formula is C46H49N9O3. The number of amides is 1. The van der Waals surface area contributed by atoms with Crippen molar-refractivity contribution in [3.8, 4) is 34.0 Å². The van der Waals surface area contributed by atoms with E-state index in [9.17, 15) is 15.0 Å². The van der Waals surface area contributed by atoms with Crippen LogP contribution in [0.15, 0.2) is 123 Å². The van der Waals surface area contributed by atoms with Crippen LogP contribution in [-0.2, 0) is 4.79 Å². The maximum absolute atomic E-state index is 10.8. The normalized spacial score (nSPS) is 10.5. The summed E-state index contributed by atoms with van der Waals surface area (Å²) >= 11 is 0. The molecule has 0 aliphatic carbocycles. The molecule has 0 fully saturated rings. The molecule has 6 N–H and O–H groups in total. The SMILES string of the molecule is C=CC(=O)N(CC)CC.CCCCC.Nc1ncnc2cc(-c3cc(O)cc4ccccc34)ncc12.Nc1ncnc2cc(-c3cc(O)cc4ccccc34)ncc12. The number of benzene rings is 4. The van der Waals surface area contributed by atoms with Gasteiger partial charge in [0.25, 0.3) is 0 Å². The lowest BCUT2D eigenvalue weighted by Gasteiger charge is -2.15. The van der Waals surface area contributed by atoms with Gasteiger partial charge in [0.1, 0.15) is 35.8 Å². The first kappa shape index (κ1) is 41.9. The number of nitrogens with zero attached hydrogens (tertiary/aromatic N) is 7. The molecule has 4 aromatic heterocycles. The quantitative estimate of drug-likeness (QED) is 0.113. The topological polar surface area (TPSA) is 190 Å². The number of likely N-dealkylation sites (N-methyl/N-ethyl adjacent to an activating group) is 1. The second kappa shape index (κ2) is 20.1. The Kier molecular flexibility index (Phi) is 14.5. The van der Waals surface area contributed by atoms with Crippen molar-refractivity contribution in [3.63, 3.8) is 0 Å². The first-order chi connectivity index (χ1) is 28.1. The number of hydrogen-bond acceptors (Lipinski definition) is 11. The maximum Gasteiger partial charge on any atom is 0.245 e. The van der Waals surface area contributed by atoms with E-state index in [4.69, 9.17) is 11.5 Å². The lowest BCUT2D eigenvalue weighted by Crippen LogP contribution is -2.28. The minimum Gasteiger partial charge on any atom is -0.508 e. The summed E-state index contributed by atoms with van der Waals surface area (Å²) in [6.07, 6.45) is 11.6. The van der Waals surface area contributed by atoms with Gasteiger partial charge in [-0.2, -0.15) is 0 Å². The highest BCUT2D eigenvalue weighted by Gasteiger charge is 2.11. The van der Waals surface area contributed by atoms with Crippen molar-refractivity contribution in [2.75, 3.05) is 24.6 Å². The van der Waals surface area contributed by atoms with E-state index in [1.807, 2.05) is 74.5 Å². The fourth-order valence-electron chi connectivity index (χ4n) is 6.27. The monoisotopic (exact) mass is 775 g/mol. The number of nitrogens with two attached hydrogens (primary N) is 2. The Morgan fingerprint density at radius 2 is 1.05 bits per heavy atom. The van der Waals surface area contributed by atoms with Crippen molar-refractivity contribution >= 4 is 60.9 Å². The zero-order chi connectivity index (χ0) is 41.6. The molecule has 4 aromatic carbocycles. The number of aromatic nitrogens is 6. The van der Waals surface area contributed by atoms with Crippen LogP contribution in [0, 0.1) is 0 Å². The van der Waals surface area contributed by atoms with Gasteiger partial charge in [-0.3, -0.25) is 14.8 Å². The van der Waals surface area contributed by atoms with Crippen LogP contribution in [-0.4, -0.2) is 64.0 Å². The minimum absolute atomic E-state index is 0.0139. The Balaban J connectivity index is 0.000000168. The van der Waals surface area contributed by atoms with Crippen molar-refractivity contribution in [1.29, 1.82) is 0 Å². The van der Waals surface area contributed by atoms with Gasteiger partial charge in [0.05, 0.1) is 33.2 Å². The third-order valence-corrected chi connectivity index (χ3v) is 9.31. The summed E-state index contributed by atoms with van der Waals surface area (Å²) in [6, 6.07) is 26.3. The Labute approximate surface area is 338 Å². The average molecular weight is 776 g/mol. The van der Waals surface area contributed by atoms with Crippen LogP contribution in [0.4, 0.5) is 11.6 Å². The standard InChI is InChI=1S/2C17H12N4O.C7H13NO.C5H12/c2*18-17-14-8-19-15(7-16(14)20-9-21-17)13-6-11(22)5-10-3-1-2-4-12(10)13;1-4-7(9)8(5-2)6-3;1-3-5-4-2/h2*1-9,22H,(H2,18,20,21);4H,1,5-6H2,2-3H3;3-5H2,1-2H3. The van der Waals surface area contributed by atoms with Crippen molar-refractivity contribution in [2.24, 2.45) is 0 Å². The van der Waals surface area contributed by atoms with E-state index in [0.29, 0.717) is 11.6 Å². The molecule has 0 atom stereocenters. The predicted molar refractivity (Wildman–Crippen MR) is 236 cm³/mol. The zero-order valence-electron chi connectivity index (χ0n) is 33.3. The number of nitrogen functional groups attached to an aromatic ring is 2. The summed E-state index contributed by atoms with van der Waals surface area (Å²) in [5, 5.41) is 25.3. The van der Waals surface area contributed by atoms with Gasteiger partial charge in [0.15, 0.2) is 0 Å². The molecule has 8 aromatic rings. The van der Waals surface area contributed by atoms with Gasteiger partial charge in [-0.25, -0.2) is 19.9 Å². The second-order valence-corrected chi connectivity index (χ2v) is 13.2. The molecule has 0 bridgehead atoms. The van der Waals surface area contributed by atoms with Gasteiger partial charge in [0, 0.05) is 36.6 Å². The smallest absolute Gasteiger partial charge is 0.245 e. The highest BCUT2D eigenvalue weighted by Crippen LogP contribution is 2.34. The van der Waals surface area contributed by atoms with Crippen molar-refractivity contribution < 1.29 is 15.0 Å². The van der Waals surface area contributed by atoms with E-state index >= 15 is 0 Å². The summed E-state index contributed by atoms with van der Waals surface area (Å²) in [7, 11) is 0. The van der Waals surface area contributed by atoms with Crippen LogP contribution in [0.25, 0.3) is 65.9 Å². The lowest BCUT2D eigenvalue weighted by molar-refractivity contribution is -0.125. The van der Waals surface area contributed by atoms with Gasteiger partial charge in [-0.1, -0.05) is 88.2 Å². The second-order valence-electron chi connectivity index (χ2n) is 13.2. The number of fused-ring (bicyclic) bond motifs is 4. The number of aromatic hydroxyl groups is 2. The maximum atomic E-state index is 10.8. The van der Waals surface area contributed by atoms with Crippen molar-refractivity contribution in [2.45, 2.75) is 47.0 Å². The van der Waals surface area contributed by atoms with E-state index in [0.717, 1.165) is 79.0 Å². The molecule has 1 amide bonds. The summed E-state index contributed by atoms with van der Waals surface area (Å²) in [6.45, 7) is 13.2. The number of rotatable bonds is 7. The molecule has 0 aliphatic rings. The number of pyridine rings is 2. The molecule has 8 rings (SSSR count). The lowest BCUT2D eigenvalue weighted by atomic mass is 10.0. The molecule has 0 aliphatic heterocycles. The van der Waals surface area contributed by atoms with Gasteiger partial charge < -0.3 is 26.6 Å². The number of anilines is 2. The molecule has 58 heavy (non-hydrogen) atoms. The molecule has 4 heterocycles. The summed E-state index contributed by atoms with van der Waals surface area (Å²) in [5.74, 6) is 1.24. The molecule has 12 nitrogen and oxygen atoms in total. The van der Waals surface area contributed by atoms with E-state index in [-0.39, 0.29) is 17.4 Å². The molecule has 296 valence electrons. The number of carbonyl (C=O) groups excluding carboxylic acids is 1. The number of hydrogen-bond donors (Lipinski definition) is 4. The van der Waals surface area contributed by atoms with E-state index in [2.05, 4.69) is 50.3 Å². The first-order valence-electron chi connectivity index (χ1n) is 19.2. The van der Waals surface area contributed by atoms with Gasteiger partial charge in [-0.15, -0.1) is 0 Å². The largest absolute Gasteiger partial charge is 0.508 e. The van der Waals surface area contributed by atoms with Crippen LogP contribution in [0.2, 0.25) is 0 Å². The summed E-state index contributed by atoms with van der Waals surface area (Å²) in [4.78, 5) is 37.8.